The Bertz CT molecular complexity index is 445. The fraction of sp³-hybridized carbons (Fsp3) is 0.647. The van der Waals surface area contributed by atoms with E-state index in [4.69, 9.17) is 9.47 Å². The molecule has 0 aromatic heterocycles. The third kappa shape index (κ3) is 4.89. The minimum atomic E-state index is 0.637. The van der Waals surface area contributed by atoms with Crippen LogP contribution in [0.3, 0.4) is 0 Å². The first kappa shape index (κ1) is 16.6. The second-order valence-electron chi connectivity index (χ2n) is 5.49. The summed E-state index contributed by atoms with van der Waals surface area (Å²) in [5.74, 6) is 1.63. The van der Waals surface area contributed by atoms with E-state index in [0.717, 1.165) is 22.5 Å². The molecular weight excluding hydrogens is 330 g/mol. The molecule has 0 heterocycles. The van der Waals surface area contributed by atoms with Crippen molar-refractivity contribution in [3.63, 3.8) is 0 Å². The Morgan fingerprint density at radius 2 is 1.81 bits per heavy atom. The first-order valence-corrected chi connectivity index (χ1v) is 8.85. The first-order chi connectivity index (χ1) is 10.2. The molecule has 1 N–H and O–H groups in total. The summed E-state index contributed by atoms with van der Waals surface area (Å²) in [5, 5.41) is 3.67. The maximum Gasteiger partial charge on any atom is 0.175 e. The summed E-state index contributed by atoms with van der Waals surface area (Å²) >= 11 is 3.60. The van der Waals surface area contributed by atoms with Crippen molar-refractivity contribution in [2.75, 3.05) is 13.2 Å². The monoisotopic (exact) mass is 355 g/mol. The van der Waals surface area contributed by atoms with Gasteiger partial charge in [0.15, 0.2) is 11.5 Å². The number of hydrogen-bond acceptors (Lipinski definition) is 3. The molecule has 1 aromatic rings. The predicted octanol–water partition coefficient (Wildman–Crippen LogP) is 4.67. The van der Waals surface area contributed by atoms with E-state index in [1.165, 1.54) is 37.7 Å². The molecule has 1 saturated carbocycles. The smallest absolute Gasteiger partial charge is 0.175 e. The van der Waals surface area contributed by atoms with Crippen LogP contribution in [-0.2, 0) is 6.54 Å². The molecule has 21 heavy (non-hydrogen) atoms. The quantitative estimate of drug-likeness (QED) is 0.770. The van der Waals surface area contributed by atoms with Gasteiger partial charge in [0, 0.05) is 12.6 Å². The molecular formula is C17H26BrNO2. The Labute approximate surface area is 136 Å². The molecule has 0 aliphatic heterocycles. The molecule has 3 nitrogen and oxygen atoms in total. The van der Waals surface area contributed by atoms with Crippen molar-refractivity contribution in [3.8, 4) is 11.5 Å². The van der Waals surface area contributed by atoms with Crippen LogP contribution < -0.4 is 14.8 Å². The maximum atomic E-state index is 5.72. The number of rotatable bonds is 7. The summed E-state index contributed by atoms with van der Waals surface area (Å²) in [6.45, 7) is 6.15. The molecule has 0 unspecified atom stereocenters. The molecule has 0 radical (unpaired) electrons. The molecule has 1 aliphatic rings. The van der Waals surface area contributed by atoms with Gasteiger partial charge in [-0.3, -0.25) is 0 Å². The average molecular weight is 356 g/mol. The molecule has 2 rings (SSSR count). The average Bonchev–Trinajstić information content (AvgIpc) is 2.50. The van der Waals surface area contributed by atoms with Gasteiger partial charge < -0.3 is 14.8 Å². The van der Waals surface area contributed by atoms with Gasteiger partial charge in [-0.25, -0.2) is 0 Å². The largest absolute Gasteiger partial charge is 0.490 e. The van der Waals surface area contributed by atoms with E-state index < -0.39 is 0 Å². The zero-order valence-electron chi connectivity index (χ0n) is 13.1. The second kappa shape index (κ2) is 8.64. The molecule has 0 amide bonds. The minimum Gasteiger partial charge on any atom is -0.490 e. The van der Waals surface area contributed by atoms with Gasteiger partial charge in [0.05, 0.1) is 17.7 Å². The van der Waals surface area contributed by atoms with E-state index in [2.05, 4.69) is 33.4 Å². The van der Waals surface area contributed by atoms with Crippen molar-refractivity contribution in [1.29, 1.82) is 0 Å². The zero-order chi connectivity index (χ0) is 15.1. The molecule has 118 valence electrons. The highest BCUT2D eigenvalue weighted by Gasteiger charge is 2.15. The summed E-state index contributed by atoms with van der Waals surface area (Å²) in [5.41, 5.74) is 1.24. The van der Waals surface area contributed by atoms with Crippen LogP contribution in [0.15, 0.2) is 16.6 Å². The Balaban J connectivity index is 2.04. The van der Waals surface area contributed by atoms with Crippen molar-refractivity contribution >= 4 is 15.9 Å². The highest BCUT2D eigenvalue weighted by Crippen LogP contribution is 2.37. The number of ether oxygens (including phenoxy) is 2. The molecule has 4 heteroatoms. The van der Waals surface area contributed by atoms with Crippen molar-refractivity contribution in [3.05, 3.63) is 22.2 Å². The Morgan fingerprint density at radius 1 is 1.10 bits per heavy atom. The minimum absolute atomic E-state index is 0.637. The summed E-state index contributed by atoms with van der Waals surface area (Å²) in [6.07, 6.45) is 6.71. The van der Waals surface area contributed by atoms with Gasteiger partial charge >= 0.3 is 0 Å². The highest BCUT2D eigenvalue weighted by atomic mass is 79.9. The molecule has 0 bridgehead atoms. The van der Waals surface area contributed by atoms with Crippen molar-refractivity contribution in [2.45, 2.75) is 58.5 Å². The van der Waals surface area contributed by atoms with E-state index in [0.29, 0.717) is 19.3 Å². The number of nitrogens with one attached hydrogen (secondary N) is 1. The predicted molar refractivity (Wildman–Crippen MR) is 90.2 cm³/mol. The normalized spacial score (nSPS) is 16.0. The number of benzene rings is 1. The lowest BCUT2D eigenvalue weighted by molar-refractivity contribution is 0.285. The molecule has 0 spiro atoms. The van der Waals surface area contributed by atoms with E-state index in [-0.39, 0.29) is 0 Å². The summed E-state index contributed by atoms with van der Waals surface area (Å²) in [7, 11) is 0. The van der Waals surface area contributed by atoms with Crippen LogP contribution in [0, 0.1) is 0 Å². The van der Waals surface area contributed by atoms with Crippen molar-refractivity contribution < 1.29 is 9.47 Å². The maximum absolute atomic E-state index is 5.72. The first-order valence-electron chi connectivity index (χ1n) is 8.06. The van der Waals surface area contributed by atoms with Crippen LogP contribution in [0.25, 0.3) is 0 Å². The van der Waals surface area contributed by atoms with Gasteiger partial charge in [-0.05, 0) is 60.3 Å². The van der Waals surface area contributed by atoms with Gasteiger partial charge in [0.2, 0.25) is 0 Å². The third-order valence-corrected chi connectivity index (χ3v) is 4.45. The molecule has 1 aliphatic carbocycles. The van der Waals surface area contributed by atoms with Gasteiger partial charge in [-0.2, -0.15) is 0 Å². The number of halogens is 1. The van der Waals surface area contributed by atoms with Crippen LogP contribution in [0.1, 0.15) is 51.5 Å². The summed E-state index contributed by atoms with van der Waals surface area (Å²) in [4.78, 5) is 0. The van der Waals surface area contributed by atoms with Gasteiger partial charge in [-0.15, -0.1) is 0 Å². The van der Waals surface area contributed by atoms with Gasteiger partial charge in [-0.1, -0.05) is 19.3 Å². The lowest BCUT2D eigenvalue weighted by Crippen LogP contribution is -2.30. The molecule has 0 saturated heterocycles. The molecule has 0 atom stereocenters. The fourth-order valence-electron chi connectivity index (χ4n) is 2.84. The fourth-order valence-corrected chi connectivity index (χ4v) is 3.44. The lowest BCUT2D eigenvalue weighted by atomic mass is 9.95. The van der Waals surface area contributed by atoms with Crippen LogP contribution in [0.5, 0.6) is 11.5 Å². The molecule has 1 aromatic carbocycles. The Hall–Kier alpha value is -0.740. The van der Waals surface area contributed by atoms with E-state index >= 15 is 0 Å². The van der Waals surface area contributed by atoms with Crippen LogP contribution in [0.4, 0.5) is 0 Å². The van der Waals surface area contributed by atoms with E-state index in [1.807, 2.05) is 13.8 Å². The van der Waals surface area contributed by atoms with Gasteiger partial charge in [0.25, 0.3) is 0 Å². The van der Waals surface area contributed by atoms with Crippen molar-refractivity contribution in [1.82, 2.24) is 5.32 Å². The van der Waals surface area contributed by atoms with Crippen LogP contribution >= 0.6 is 15.9 Å². The SMILES string of the molecule is CCOc1cc(CNC2CCCCC2)cc(Br)c1OCC. The topological polar surface area (TPSA) is 30.5 Å². The summed E-state index contributed by atoms with van der Waals surface area (Å²) < 4.78 is 12.4. The van der Waals surface area contributed by atoms with E-state index in [1.54, 1.807) is 0 Å². The van der Waals surface area contributed by atoms with Gasteiger partial charge in [0.1, 0.15) is 0 Å². The zero-order valence-corrected chi connectivity index (χ0v) is 14.7. The van der Waals surface area contributed by atoms with E-state index in [9.17, 15) is 0 Å². The lowest BCUT2D eigenvalue weighted by Gasteiger charge is -2.23. The third-order valence-electron chi connectivity index (χ3n) is 3.86. The summed E-state index contributed by atoms with van der Waals surface area (Å²) in [6, 6.07) is 4.89. The van der Waals surface area contributed by atoms with Crippen molar-refractivity contribution in [2.24, 2.45) is 0 Å². The standard InChI is InChI=1S/C17H26BrNO2/c1-3-20-16-11-13(10-15(18)17(16)21-4-2)12-19-14-8-6-5-7-9-14/h10-11,14,19H,3-9,12H2,1-2H3. The van der Waals surface area contributed by atoms with Crippen LogP contribution in [0.2, 0.25) is 0 Å². The highest BCUT2D eigenvalue weighted by molar-refractivity contribution is 9.10. The Kier molecular flexibility index (Phi) is 6.84. The van der Waals surface area contributed by atoms with Crippen LogP contribution in [-0.4, -0.2) is 19.3 Å². The Morgan fingerprint density at radius 3 is 2.48 bits per heavy atom. The second-order valence-corrected chi connectivity index (χ2v) is 6.34. The molecule has 1 fully saturated rings. The number of hydrogen-bond donors (Lipinski definition) is 1.